The molecule has 2 unspecified atom stereocenters. The number of hydrogen-bond donors (Lipinski definition) is 1. The van der Waals surface area contributed by atoms with Gasteiger partial charge in [-0.25, -0.2) is 0 Å². The van der Waals surface area contributed by atoms with Gasteiger partial charge in [0.1, 0.15) is 0 Å². The van der Waals surface area contributed by atoms with Gasteiger partial charge in [0.15, 0.2) is 0 Å². The zero-order valence-electron chi connectivity index (χ0n) is 8.93. The molecule has 0 aromatic rings. The predicted octanol–water partition coefficient (Wildman–Crippen LogP) is 2.81. The van der Waals surface area contributed by atoms with E-state index >= 15 is 0 Å². The van der Waals surface area contributed by atoms with Gasteiger partial charge in [-0.3, -0.25) is 0 Å². The standard InChI is InChI=1S/C11H23N/c1-8(2)7-10-5-6-11(12-10)9(3)4/h8-12H,5-7H2,1-4H3. The second-order valence-corrected chi connectivity index (χ2v) is 4.92. The topological polar surface area (TPSA) is 12.0 Å². The lowest BCUT2D eigenvalue weighted by atomic mass is 10.0. The summed E-state index contributed by atoms with van der Waals surface area (Å²) in [6.45, 7) is 9.25. The first-order valence-electron chi connectivity index (χ1n) is 5.35. The van der Waals surface area contributed by atoms with Crippen LogP contribution >= 0.6 is 0 Å². The van der Waals surface area contributed by atoms with Gasteiger partial charge in [0, 0.05) is 12.1 Å². The van der Waals surface area contributed by atoms with Crippen LogP contribution in [0.5, 0.6) is 0 Å². The van der Waals surface area contributed by atoms with Gasteiger partial charge in [0.25, 0.3) is 0 Å². The quantitative estimate of drug-likeness (QED) is 0.685. The summed E-state index contributed by atoms with van der Waals surface area (Å²) in [5.74, 6) is 1.65. The van der Waals surface area contributed by atoms with E-state index in [9.17, 15) is 0 Å². The van der Waals surface area contributed by atoms with Crippen LogP contribution < -0.4 is 5.32 Å². The Balaban J connectivity index is 2.26. The Morgan fingerprint density at radius 1 is 1.17 bits per heavy atom. The Morgan fingerprint density at radius 2 is 1.83 bits per heavy atom. The molecule has 1 rings (SSSR count). The second kappa shape index (κ2) is 4.27. The van der Waals surface area contributed by atoms with Crippen LogP contribution in [0.3, 0.4) is 0 Å². The normalized spacial score (nSPS) is 30.5. The lowest BCUT2D eigenvalue weighted by molar-refractivity contribution is 0.399. The van der Waals surface area contributed by atoms with Gasteiger partial charge in [-0.1, -0.05) is 27.7 Å². The van der Waals surface area contributed by atoms with Crippen LogP contribution in [-0.2, 0) is 0 Å². The van der Waals surface area contributed by atoms with Crippen molar-refractivity contribution in [3.63, 3.8) is 0 Å². The van der Waals surface area contributed by atoms with Crippen molar-refractivity contribution >= 4 is 0 Å². The molecule has 0 aliphatic carbocycles. The van der Waals surface area contributed by atoms with E-state index < -0.39 is 0 Å². The molecule has 1 N–H and O–H groups in total. The van der Waals surface area contributed by atoms with Gasteiger partial charge >= 0.3 is 0 Å². The number of rotatable bonds is 3. The first-order valence-corrected chi connectivity index (χ1v) is 5.35. The average Bonchev–Trinajstić information content (AvgIpc) is 2.34. The van der Waals surface area contributed by atoms with Crippen molar-refractivity contribution in [1.29, 1.82) is 0 Å². The maximum atomic E-state index is 3.72. The molecule has 0 amide bonds. The summed E-state index contributed by atoms with van der Waals surface area (Å²) in [6.07, 6.45) is 4.12. The predicted molar refractivity (Wildman–Crippen MR) is 54.2 cm³/mol. The summed E-state index contributed by atoms with van der Waals surface area (Å²) in [7, 11) is 0. The molecule has 1 aliphatic heterocycles. The highest BCUT2D eigenvalue weighted by molar-refractivity contribution is 4.85. The van der Waals surface area contributed by atoms with Crippen molar-refractivity contribution < 1.29 is 0 Å². The van der Waals surface area contributed by atoms with Gasteiger partial charge in [-0.15, -0.1) is 0 Å². The summed E-state index contributed by atoms with van der Waals surface area (Å²) >= 11 is 0. The van der Waals surface area contributed by atoms with E-state index in [1.165, 1.54) is 19.3 Å². The third-order valence-electron chi connectivity index (χ3n) is 2.84. The monoisotopic (exact) mass is 169 g/mol. The van der Waals surface area contributed by atoms with E-state index in [2.05, 4.69) is 33.0 Å². The van der Waals surface area contributed by atoms with Crippen LogP contribution in [0, 0.1) is 11.8 Å². The molecule has 1 heterocycles. The minimum absolute atomic E-state index is 0.786. The van der Waals surface area contributed by atoms with Gasteiger partial charge in [-0.05, 0) is 31.1 Å². The molecule has 1 fully saturated rings. The molecule has 0 aromatic carbocycles. The molecule has 0 bridgehead atoms. The van der Waals surface area contributed by atoms with Gasteiger partial charge in [0.2, 0.25) is 0 Å². The fourth-order valence-corrected chi connectivity index (χ4v) is 2.13. The molecule has 0 radical (unpaired) electrons. The number of nitrogens with one attached hydrogen (secondary N) is 1. The molecule has 1 heteroatoms. The first kappa shape index (κ1) is 10.0. The Morgan fingerprint density at radius 3 is 2.25 bits per heavy atom. The van der Waals surface area contributed by atoms with E-state index in [1.54, 1.807) is 0 Å². The highest BCUT2D eigenvalue weighted by atomic mass is 15.0. The largest absolute Gasteiger partial charge is 0.311 e. The van der Waals surface area contributed by atoms with Crippen molar-refractivity contribution in [2.75, 3.05) is 0 Å². The molecule has 0 saturated carbocycles. The van der Waals surface area contributed by atoms with Crippen molar-refractivity contribution in [2.45, 2.75) is 59.0 Å². The summed E-state index contributed by atoms with van der Waals surface area (Å²) in [5, 5.41) is 3.72. The molecular formula is C11H23N. The first-order chi connectivity index (χ1) is 5.59. The minimum Gasteiger partial charge on any atom is -0.311 e. The summed E-state index contributed by atoms with van der Waals surface area (Å²) in [5.41, 5.74) is 0. The smallest absolute Gasteiger partial charge is 0.00932 e. The van der Waals surface area contributed by atoms with Crippen LogP contribution in [-0.4, -0.2) is 12.1 Å². The molecule has 1 saturated heterocycles. The molecule has 1 nitrogen and oxygen atoms in total. The Kier molecular flexibility index (Phi) is 3.57. The van der Waals surface area contributed by atoms with Crippen LogP contribution in [0.1, 0.15) is 47.0 Å². The van der Waals surface area contributed by atoms with Crippen molar-refractivity contribution in [3.8, 4) is 0 Å². The third kappa shape index (κ3) is 2.78. The van der Waals surface area contributed by atoms with Crippen molar-refractivity contribution in [2.24, 2.45) is 11.8 Å². The number of hydrogen-bond acceptors (Lipinski definition) is 1. The van der Waals surface area contributed by atoms with Gasteiger partial charge < -0.3 is 5.32 Å². The molecule has 12 heavy (non-hydrogen) atoms. The van der Waals surface area contributed by atoms with E-state index in [-0.39, 0.29) is 0 Å². The summed E-state index contributed by atoms with van der Waals surface area (Å²) in [6, 6.07) is 1.59. The Labute approximate surface area is 76.9 Å². The summed E-state index contributed by atoms with van der Waals surface area (Å²) < 4.78 is 0. The van der Waals surface area contributed by atoms with Crippen molar-refractivity contribution in [3.05, 3.63) is 0 Å². The molecule has 0 aromatic heterocycles. The highest BCUT2D eigenvalue weighted by Crippen LogP contribution is 2.22. The molecule has 1 aliphatic rings. The zero-order valence-corrected chi connectivity index (χ0v) is 8.93. The van der Waals surface area contributed by atoms with E-state index in [0.717, 1.165) is 23.9 Å². The maximum absolute atomic E-state index is 3.72. The maximum Gasteiger partial charge on any atom is 0.00932 e. The lowest BCUT2D eigenvalue weighted by Crippen LogP contribution is -2.33. The van der Waals surface area contributed by atoms with E-state index in [4.69, 9.17) is 0 Å². The van der Waals surface area contributed by atoms with Crippen molar-refractivity contribution in [1.82, 2.24) is 5.32 Å². The Bertz CT molecular complexity index is 129. The SMILES string of the molecule is CC(C)CC1CCC(C(C)C)N1. The molecule has 72 valence electrons. The van der Waals surface area contributed by atoms with Crippen LogP contribution in [0.2, 0.25) is 0 Å². The van der Waals surface area contributed by atoms with Gasteiger partial charge in [0.05, 0.1) is 0 Å². The molecule has 2 atom stereocenters. The second-order valence-electron chi connectivity index (χ2n) is 4.92. The Hall–Kier alpha value is -0.0400. The van der Waals surface area contributed by atoms with Crippen LogP contribution in [0.15, 0.2) is 0 Å². The van der Waals surface area contributed by atoms with E-state index in [1.807, 2.05) is 0 Å². The van der Waals surface area contributed by atoms with E-state index in [0.29, 0.717) is 0 Å². The highest BCUT2D eigenvalue weighted by Gasteiger charge is 2.25. The third-order valence-corrected chi connectivity index (χ3v) is 2.84. The fourth-order valence-electron chi connectivity index (χ4n) is 2.13. The zero-order chi connectivity index (χ0) is 9.14. The van der Waals surface area contributed by atoms with Crippen LogP contribution in [0.25, 0.3) is 0 Å². The van der Waals surface area contributed by atoms with Gasteiger partial charge in [-0.2, -0.15) is 0 Å². The molecular weight excluding hydrogens is 146 g/mol. The average molecular weight is 169 g/mol. The minimum atomic E-state index is 0.786. The summed E-state index contributed by atoms with van der Waals surface area (Å²) in [4.78, 5) is 0. The van der Waals surface area contributed by atoms with Crippen LogP contribution in [0.4, 0.5) is 0 Å². The lowest BCUT2D eigenvalue weighted by Gasteiger charge is -2.18. The fraction of sp³-hybridized carbons (Fsp3) is 1.00. The molecule has 0 spiro atoms.